The lowest BCUT2D eigenvalue weighted by atomic mass is 9.89. The first-order valence-corrected chi connectivity index (χ1v) is 9.97. The van der Waals surface area contributed by atoms with Crippen molar-refractivity contribution in [3.05, 3.63) is 71.1 Å². The van der Waals surface area contributed by atoms with Crippen LogP contribution in [0.5, 0.6) is 0 Å². The van der Waals surface area contributed by atoms with Gasteiger partial charge in [-0.25, -0.2) is 0 Å². The van der Waals surface area contributed by atoms with Gasteiger partial charge < -0.3 is 15.5 Å². The quantitative estimate of drug-likeness (QED) is 0.816. The number of nitrogens with one attached hydrogen (secondary N) is 2. The molecule has 1 aliphatic carbocycles. The number of carbonyl (C=O) groups is 2. The molecule has 1 saturated heterocycles. The molecule has 0 radical (unpaired) electrons. The number of benzene rings is 2. The number of Topliss-reactive ketones (excluding diaryl/α,β-unsaturated/α-hetero) is 2. The first-order chi connectivity index (χ1) is 13.7. The van der Waals surface area contributed by atoms with Crippen LogP contribution < -0.4 is 10.6 Å². The highest BCUT2D eigenvalue weighted by Gasteiger charge is 2.35. The van der Waals surface area contributed by atoms with Crippen molar-refractivity contribution in [2.24, 2.45) is 0 Å². The molecule has 0 atom stereocenters. The van der Waals surface area contributed by atoms with E-state index >= 15 is 0 Å². The van der Waals surface area contributed by atoms with Gasteiger partial charge in [-0.2, -0.15) is 0 Å². The third-order valence-corrected chi connectivity index (χ3v) is 5.30. The van der Waals surface area contributed by atoms with Crippen LogP contribution in [0.4, 0.5) is 11.4 Å². The lowest BCUT2D eigenvalue weighted by molar-refractivity contribution is 0.0935. The van der Waals surface area contributed by atoms with E-state index in [1.54, 1.807) is 18.2 Å². The van der Waals surface area contributed by atoms with Crippen LogP contribution in [0.25, 0.3) is 0 Å². The second-order valence-corrected chi connectivity index (χ2v) is 7.21. The van der Waals surface area contributed by atoms with Crippen LogP contribution in [0.3, 0.4) is 0 Å². The normalized spacial score (nSPS) is 16.8. The molecule has 0 aromatic heterocycles. The van der Waals surface area contributed by atoms with Gasteiger partial charge in [0.1, 0.15) is 11.4 Å². The summed E-state index contributed by atoms with van der Waals surface area (Å²) < 4.78 is 0. The summed E-state index contributed by atoms with van der Waals surface area (Å²) in [6.45, 7) is 4.51. The molecule has 2 aromatic carbocycles. The molecule has 28 heavy (non-hydrogen) atoms. The number of hydrogen-bond acceptors (Lipinski definition) is 5. The number of hydrogen-bond donors (Lipinski definition) is 2. The first-order valence-electron chi connectivity index (χ1n) is 9.97. The van der Waals surface area contributed by atoms with Crippen molar-refractivity contribution in [3.63, 3.8) is 0 Å². The molecule has 0 unspecified atom stereocenters. The Morgan fingerprint density at radius 1 is 0.821 bits per heavy atom. The number of fused-ring (bicyclic) bond motifs is 1. The molecule has 0 bridgehead atoms. The van der Waals surface area contributed by atoms with Gasteiger partial charge in [0.25, 0.3) is 0 Å². The van der Waals surface area contributed by atoms with E-state index in [-0.39, 0.29) is 11.6 Å². The predicted octanol–water partition coefficient (Wildman–Crippen LogP) is 4.31. The van der Waals surface area contributed by atoms with Crippen molar-refractivity contribution in [2.45, 2.75) is 26.2 Å². The molecule has 2 aliphatic rings. The van der Waals surface area contributed by atoms with E-state index in [2.05, 4.69) is 15.5 Å². The number of piperidine rings is 1. The van der Waals surface area contributed by atoms with Crippen LogP contribution in [-0.2, 0) is 0 Å². The topological polar surface area (TPSA) is 61.4 Å². The van der Waals surface area contributed by atoms with E-state index in [0.29, 0.717) is 22.5 Å². The van der Waals surface area contributed by atoms with Gasteiger partial charge in [0, 0.05) is 42.1 Å². The van der Waals surface area contributed by atoms with Crippen LogP contribution in [0, 0.1) is 0 Å². The average Bonchev–Trinajstić information content (AvgIpc) is 2.74. The van der Waals surface area contributed by atoms with Crippen LogP contribution in [0.15, 0.2) is 59.9 Å². The molecule has 5 nitrogen and oxygen atoms in total. The lowest BCUT2D eigenvalue weighted by Gasteiger charge is -2.34. The second kappa shape index (κ2) is 7.89. The Morgan fingerprint density at radius 2 is 1.43 bits per heavy atom. The molecular formula is C23H25N3O2. The highest BCUT2D eigenvalue weighted by atomic mass is 16.1. The molecule has 0 saturated carbocycles. The van der Waals surface area contributed by atoms with Crippen LogP contribution in [0.2, 0.25) is 0 Å². The van der Waals surface area contributed by atoms with Gasteiger partial charge in [-0.05, 0) is 50.5 Å². The van der Waals surface area contributed by atoms with Gasteiger partial charge in [-0.1, -0.05) is 24.3 Å². The zero-order valence-corrected chi connectivity index (χ0v) is 16.1. The van der Waals surface area contributed by atoms with Gasteiger partial charge >= 0.3 is 0 Å². The Bertz CT molecular complexity index is 925. The number of ketones is 2. The van der Waals surface area contributed by atoms with Crippen molar-refractivity contribution < 1.29 is 9.59 Å². The summed E-state index contributed by atoms with van der Waals surface area (Å²) in [6.07, 6.45) is 3.24. The highest BCUT2D eigenvalue weighted by Crippen LogP contribution is 2.31. The van der Waals surface area contributed by atoms with Crippen LogP contribution in [0.1, 0.15) is 46.9 Å². The van der Waals surface area contributed by atoms with E-state index in [1.807, 2.05) is 37.3 Å². The molecule has 2 N–H and O–H groups in total. The number of nitrogens with zero attached hydrogens (tertiary/aromatic N) is 1. The Balaban J connectivity index is 1.74. The summed E-state index contributed by atoms with van der Waals surface area (Å²) in [7, 11) is 0. The summed E-state index contributed by atoms with van der Waals surface area (Å²) in [6, 6.07) is 14.9. The SMILES string of the molecule is CCNc1ccc(NC2=C(N3CCCCC3)C(=O)c3ccccc3C2=O)cc1. The summed E-state index contributed by atoms with van der Waals surface area (Å²) in [5, 5.41) is 6.52. The molecule has 144 valence electrons. The van der Waals surface area contributed by atoms with Gasteiger partial charge in [0.15, 0.2) is 0 Å². The molecular weight excluding hydrogens is 350 g/mol. The van der Waals surface area contributed by atoms with E-state index in [0.717, 1.165) is 50.3 Å². The Morgan fingerprint density at radius 3 is 2.07 bits per heavy atom. The third-order valence-electron chi connectivity index (χ3n) is 5.30. The molecule has 1 fully saturated rings. The maximum absolute atomic E-state index is 13.3. The number of carbonyl (C=O) groups excluding carboxylic acids is 2. The zero-order valence-electron chi connectivity index (χ0n) is 16.1. The van der Waals surface area contributed by atoms with Crippen molar-refractivity contribution in [1.29, 1.82) is 0 Å². The monoisotopic (exact) mass is 375 g/mol. The number of anilines is 2. The molecule has 2 aromatic rings. The van der Waals surface area contributed by atoms with E-state index < -0.39 is 0 Å². The third kappa shape index (κ3) is 3.40. The van der Waals surface area contributed by atoms with Crippen molar-refractivity contribution in [2.75, 3.05) is 30.3 Å². The Hall–Kier alpha value is -3.08. The molecule has 0 spiro atoms. The predicted molar refractivity (Wildman–Crippen MR) is 112 cm³/mol. The second-order valence-electron chi connectivity index (χ2n) is 7.21. The van der Waals surface area contributed by atoms with Crippen molar-refractivity contribution in [1.82, 2.24) is 4.90 Å². The van der Waals surface area contributed by atoms with Gasteiger partial charge in [-0.15, -0.1) is 0 Å². The summed E-state index contributed by atoms with van der Waals surface area (Å²) >= 11 is 0. The van der Waals surface area contributed by atoms with Crippen molar-refractivity contribution in [3.8, 4) is 0 Å². The van der Waals surface area contributed by atoms with E-state index in [9.17, 15) is 9.59 Å². The first kappa shape index (κ1) is 18.3. The minimum atomic E-state index is -0.119. The maximum Gasteiger partial charge on any atom is 0.212 e. The fourth-order valence-corrected chi connectivity index (χ4v) is 3.92. The minimum Gasteiger partial charge on any atom is -0.385 e. The van der Waals surface area contributed by atoms with E-state index in [1.165, 1.54) is 0 Å². The summed E-state index contributed by atoms with van der Waals surface area (Å²) in [4.78, 5) is 28.7. The minimum absolute atomic E-state index is 0.0659. The Labute approximate surface area is 165 Å². The largest absolute Gasteiger partial charge is 0.385 e. The fraction of sp³-hybridized carbons (Fsp3) is 0.304. The highest BCUT2D eigenvalue weighted by molar-refractivity contribution is 6.27. The summed E-state index contributed by atoms with van der Waals surface area (Å²) in [5.74, 6) is -0.185. The van der Waals surface area contributed by atoms with Crippen LogP contribution >= 0.6 is 0 Å². The zero-order chi connectivity index (χ0) is 19.5. The molecule has 1 aliphatic heterocycles. The molecule has 1 heterocycles. The number of allylic oxidation sites excluding steroid dienone is 2. The Kier molecular flexibility index (Phi) is 5.15. The van der Waals surface area contributed by atoms with Gasteiger partial charge in [0.05, 0.1) is 0 Å². The molecule has 5 heteroatoms. The summed E-state index contributed by atoms with van der Waals surface area (Å²) in [5.41, 5.74) is 3.70. The number of rotatable bonds is 5. The molecule has 0 amide bonds. The fourth-order valence-electron chi connectivity index (χ4n) is 3.92. The number of likely N-dealkylation sites (tertiary alicyclic amines) is 1. The smallest absolute Gasteiger partial charge is 0.212 e. The molecule has 4 rings (SSSR count). The average molecular weight is 375 g/mol. The van der Waals surface area contributed by atoms with Gasteiger partial charge in [0.2, 0.25) is 11.6 Å². The van der Waals surface area contributed by atoms with Gasteiger partial charge in [-0.3, -0.25) is 9.59 Å². The maximum atomic E-state index is 13.3. The van der Waals surface area contributed by atoms with Crippen molar-refractivity contribution >= 4 is 22.9 Å². The van der Waals surface area contributed by atoms with Crippen LogP contribution in [-0.4, -0.2) is 36.1 Å². The standard InChI is InChI=1S/C23H25N3O2/c1-2-24-16-10-12-17(13-11-16)25-20-21(26-14-6-3-7-15-26)23(28)19-9-5-4-8-18(19)22(20)27/h4-5,8-13,24-25H,2-3,6-7,14-15H2,1H3. The lowest BCUT2D eigenvalue weighted by Crippen LogP contribution is -2.39. The van der Waals surface area contributed by atoms with E-state index in [4.69, 9.17) is 0 Å².